The van der Waals surface area contributed by atoms with Crippen LogP contribution in [0.3, 0.4) is 0 Å². The van der Waals surface area contributed by atoms with E-state index in [9.17, 15) is 19.7 Å². The van der Waals surface area contributed by atoms with Gasteiger partial charge in [-0.05, 0) is 35.6 Å². The maximum Gasteiger partial charge on any atom is 0.270 e. The van der Waals surface area contributed by atoms with E-state index in [2.05, 4.69) is 43.8 Å². The lowest BCUT2D eigenvalue weighted by Gasteiger charge is -2.20. The molecule has 0 aromatic heterocycles. The molecule has 8 heteroatoms. The van der Waals surface area contributed by atoms with E-state index in [1.165, 1.54) is 35.5 Å². The third kappa shape index (κ3) is 5.82. The Hall–Kier alpha value is -2.87. The molecule has 0 aliphatic carbocycles. The largest absolute Gasteiger partial charge is 0.272 e. The molecule has 0 radical (unpaired) electrons. The SMILES string of the molecule is Cc1ccc(C(C)(C)C)cc1SCC(=O)NNC(=O)c1cccc([N+](=O)[O-])c1. The van der Waals surface area contributed by atoms with Crippen molar-refractivity contribution in [1.29, 1.82) is 0 Å². The number of carbonyl (C=O) groups excluding carboxylic acids is 2. The van der Waals surface area contributed by atoms with Gasteiger partial charge in [0.05, 0.1) is 10.7 Å². The second-order valence-corrected chi connectivity index (χ2v) is 8.35. The number of amides is 2. The molecule has 2 aromatic rings. The lowest BCUT2D eigenvalue weighted by molar-refractivity contribution is -0.384. The number of nitro groups is 1. The van der Waals surface area contributed by atoms with Crippen LogP contribution in [0, 0.1) is 17.0 Å². The van der Waals surface area contributed by atoms with E-state index in [1.807, 2.05) is 13.0 Å². The first kappa shape index (κ1) is 21.4. The summed E-state index contributed by atoms with van der Waals surface area (Å²) in [6.45, 7) is 8.36. The molecule has 2 N–H and O–H groups in total. The average molecular weight is 401 g/mol. The molecule has 28 heavy (non-hydrogen) atoms. The van der Waals surface area contributed by atoms with Crippen molar-refractivity contribution in [2.24, 2.45) is 0 Å². The summed E-state index contributed by atoms with van der Waals surface area (Å²) in [5, 5.41) is 10.8. The van der Waals surface area contributed by atoms with Gasteiger partial charge in [0.25, 0.3) is 11.6 Å². The molecule has 0 bridgehead atoms. The van der Waals surface area contributed by atoms with Crippen LogP contribution in [0.1, 0.15) is 42.3 Å². The van der Waals surface area contributed by atoms with Gasteiger partial charge in [0.15, 0.2) is 0 Å². The van der Waals surface area contributed by atoms with Gasteiger partial charge < -0.3 is 0 Å². The first-order valence-corrected chi connectivity index (χ1v) is 9.64. The Morgan fingerprint density at radius 1 is 1.11 bits per heavy atom. The molecule has 0 aliphatic heterocycles. The number of nitro benzene ring substituents is 1. The van der Waals surface area contributed by atoms with Crippen LogP contribution in [0.25, 0.3) is 0 Å². The van der Waals surface area contributed by atoms with Gasteiger partial charge in [0.1, 0.15) is 0 Å². The van der Waals surface area contributed by atoms with Crippen molar-refractivity contribution in [2.75, 3.05) is 5.75 Å². The molecule has 2 amide bonds. The number of nitrogens with zero attached hydrogens (tertiary/aromatic N) is 1. The number of aryl methyl sites for hydroxylation is 1. The monoisotopic (exact) mass is 401 g/mol. The van der Waals surface area contributed by atoms with E-state index in [1.54, 1.807) is 0 Å². The van der Waals surface area contributed by atoms with Crippen LogP contribution in [0.5, 0.6) is 0 Å². The Morgan fingerprint density at radius 2 is 1.82 bits per heavy atom. The molecule has 0 aliphatic rings. The number of rotatable bonds is 5. The molecule has 2 aromatic carbocycles. The molecule has 0 fully saturated rings. The number of benzene rings is 2. The van der Waals surface area contributed by atoms with E-state index in [0.717, 1.165) is 16.5 Å². The molecule has 0 spiro atoms. The number of hydrogen-bond donors (Lipinski definition) is 2. The van der Waals surface area contributed by atoms with Crippen LogP contribution in [0.2, 0.25) is 0 Å². The number of hydrogen-bond acceptors (Lipinski definition) is 5. The van der Waals surface area contributed by atoms with Gasteiger partial charge in [0.2, 0.25) is 5.91 Å². The molecule has 2 rings (SSSR count). The first-order valence-electron chi connectivity index (χ1n) is 8.65. The Kier molecular flexibility index (Phi) is 6.80. The van der Waals surface area contributed by atoms with Crippen LogP contribution < -0.4 is 10.9 Å². The van der Waals surface area contributed by atoms with Crippen molar-refractivity contribution < 1.29 is 14.5 Å². The van der Waals surface area contributed by atoms with Crippen LogP contribution in [0.15, 0.2) is 47.4 Å². The Balaban J connectivity index is 1.92. The van der Waals surface area contributed by atoms with E-state index >= 15 is 0 Å². The number of nitrogens with one attached hydrogen (secondary N) is 2. The van der Waals surface area contributed by atoms with Crippen LogP contribution >= 0.6 is 11.8 Å². The zero-order chi connectivity index (χ0) is 20.9. The summed E-state index contributed by atoms with van der Waals surface area (Å²) in [6, 6.07) is 11.5. The van der Waals surface area contributed by atoms with E-state index < -0.39 is 10.8 Å². The highest BCUT2D eigenvalue weighted by molar-refractivity contribution is 8.00. The minimum atomic E-state index is -0.618. The Morgan fingerprint density at radius 3 is 2.46 bits per heavy atom. The number of thioether (sulfide) groups is 1. The minimum Gasteiger partial charge on any atom is -0.272 e. The van der Waals surface area contributed by atoms with Crippen molar-refractivity contribution in [3.8, 4) is 0 Å². The van der Waals surface area contributed by atoms with Gasteiger partial charge in [-0.3, -0.25) is 30.6 Å². The predicted octanol–water partition coefficient (Wildman–Crippen LogP) is 3.75. The van der Waals surface area contributed by atoms with Crippen LogP contribution in [0.4, 0.5) is 5.69 Å². The summed E-state index contributed by atoms with van der Waals surface area (Å²) < 4.78 is 0. The summed E-state index contributed by atoms with van der Waals surface area (Å²) in [5.74, 6) is -0.860. The van der Waals surface area contributed by atoms with Crippen molar-refractivity contribution >= 4 is 29.3 Å². The molecule has 0 atom stereocenters. The van der Waals surface area contributed by atoms with Crippen molar-refractivity contribution in [3.63, 3.8) is 0 Å². The lowest BCUT2D eigenvalue weighted by Crippen LogP contribution is -2.42. The van der Waals surface area contributed by atoms with E-state index in [-0.39, 0.29) is 28.3 Å². The molecule has 0 heterocycles. The van der Waals surface area contributed by atoms with Crippen molar-refractivity contribution in [3.05, 3.63) is 69.3 Å². The summed E-state index contributed by atoms with van der Waals surface area (Å²) in [6.07, 6.45) is 0. The Labute approximate surface area is 168 Å². The molecular formula is C20H23N3O4S. The topological polar surface area (TPSA) is 101 Å². The number of carbonyl (C=O) groups is 2. The number of hydrazine groups is 1. The maximum atomic E-state index is 12.1. The highest BCUT2D eigenvalue weighted by Crippen LogP contribution is 2.29. The van der Waals surface area contributed by atoms with E-state index in [0.29, 0.717) is 0 Å². The number of non-ortho nitro benzene ring substituents is 1. The third-order valence-electron chi connectivity index (χ3n) is 4.05. The van der Waals surface area contributed by atoms with Crippen LogP contribution in [-0.2, 0) is 10.2 Å². The summed E-state index contributed by atoms with van der Waals surface area (Å²) in [5.41, 5.74) is 6.78. The highest BCUT2D eigenvalue weighted by Gasteiger charge is 2.16. The molecule has 0 saturated heterocycles. The lowest BCUT2D eigenvalue weighted by atomic mass is 9.87. The molecule has 7 nitrogen and oxygen atoms in total. The van der Waals surface area contributed by atoms with Crippen LogP contribution in [-0.4, -0.2) is 22.5 Å². The zero-order valence-corrected chi connectivity index (χ0v) is 17.1. The normalized spacial score (nSPS) is 11.0. The van der Waals surface area contributed by atoms with Gasteiger partial charge >= 0.3 is 0 Å². The molecule has 0 unspecified atom stereocenters. The minimum absolute atomic E-state index is 0.0114. The molecule has 0 saturated carbocycles. The smallest absolute Gasteiger partial charge is 0.270 e. The van der Waals surface area contributed by atoms with E-state index in [4.69, 9.17) is 0 Å². The molecule has 148 valence electrons. The fourth-order valence-electron chi connectivity index (χ4n) is 2.36. The van der Waals surface area contributed by atoms with Crippen molar-refractivity contribution in [2.45, 2.75) is 38.0 Å². The standard InChI is InChI=1S/C20H23N3O4S/c1-13-8-9-15(20(2,3)4)11-17(13)28-12-18(24)21-22-19(25)14-6-5-7-16(10-14)23(26)27/h5-11H,12H2,1-4H3,(H,21,24)(H,22,25). The summed E-state index contributed by atoms with van der Waals surface area (Å²) in [4.78, 5) is 35.3. The fraction of sp³-hybridized carbons (Fsp3) is 0.300. The summed E-state index contributed by atoms with van der Waals surface area (Å²) >= 11 is 1.39. The van der Waals surface area contributed by atoms with Gasteiger partial charge in [0, 0.05) is 22.6 Å². The highest BCUT2D eigenvalue weighted by atomic mass is 32.2. The average Bonchev–Trinajstić information content (AvgIpc) is 2.64. The summed E-state index contributed by atoms with van der Waals surface area (Å²) in [7, 11) is 0. The zero-order valence-electron chi connectivity index (χ0n) is 16.2. The quantitative estimate of drug-likeness (QED) is 0.451. The van der Waals surface area contributed by atoms with Gasteiger partial charge in [-0.15, -0.1) is 11.8 Å². The first-order chi connectivity index (χ1) is 13.1. The van der Waals surface area contributed by atoms with Gasteiger partial charge in [-0.25, -0.2) is 0 Å². The van der Waals surface area contributed by atoms with Crippen molar-refractivity contribution in [1.82, 2.24) is 10.9 Å². The fourth-order valence-corrected chi connectivity index (χ4v) is 3.23. The second-order valence-electron chi connectivity index (χ2n) is 7.33. The van der Waals surface area contributed by atoms with Gasteiger partial charge in [-0.1, -0.05) is 39.0 Å². The second kappa shape index (κ2) is 8.88. The Bertz CT molecular complexity index is 907. The maximum absolute atomic E-state index is 12.1. The molecular weight excluding hydrogens is 378 g/mol. The van der Waals surface area contributed by atoms with Gasteiger partial charge in [-0.2, -0.15) is 0 Å². The predicted molar refractivity (Wildman–Crippen MR) is 109 cm³/mol. The third-order valence-corrected chi connectivity index (χ3v) is 5.20.